The van der Waals surface area contributed by atoms with E-state index in [0.717, 1.165) is 0 Å². The van der Waals surface area contributed by atoms with Crippen molar-refractivity contribution in [3.05, 3.63) is 0 Å². The monoisotopic (exact) mass is 213 g/mol. The van der Waals surface area contributed by atoms with Gasteiger partial charge in [0.05, 0.1) is 0 Å². The van der Waals surface area contributed by atoms with Crippen LogP contribution in [0.2, 0.25) is 0 Å². The van der Waals surface area contributed by atoms with Crippen LogP contribution in [0.25, 0.3) is 0 Å². The summed E-state index contributed by atoms with van der Waals surface area (Å²) in [7, 11) is 0. The average Bonchev–Trinajstić information content (AvgIpc) is 1.00. The number of rotatable bonds is 0. The summed E-state index contributed by atoms with van der Waals surface area (Å²) in [5.41, 5.74) is 0. The summed E-state index contributed by atoms with van der Waals surface area (Å²) in [5.74, 6) is 0. The second-order valence-corrected chi connectivity index (χ2v) is 0. The van der Waals surface area contributed by atoms with Crippen molar-refractivity contribution >= 4 is 0 Å². The maximum Gasteiger partial charge on any atom is 0 e. The summed E-state index contributed by atoms with van der Waals surface area (Å²) < 4.78 is 0. The molecule has 4 heteroatoms. The van der Waals surface area contributed by atoms with E-state index in [4.69, 9.17) is 10.5 Å². The minimum Gasteiger partial charge on any atom is -0.255 e. The van der Waals surface area contributed by atoms with Crippen molar-refractivity contribution in [3.63, 3.8) is 0 Å². The van der Waals surface area contributed by atoms with Gasteiger partial charge in [0, 0.05) is 58.9 Å². The van der Waals surface area contributed by atoms with Crippen LogP contribution in [-0.2, 0) is 58.9 Å². The Kier molecular flexibility index (Phi) is 86.7. The molecule has 0 fully saturated rings. The van der Waals surface area contributed by atoms with Crippen LogP contribution in [0.4, 0.5) is 0 Å². The maximum absolute atomic E-state index is 6.00. The molecule has 4 heavy (non-hydrogen) atoms. The third-order valence-electron chi connectivity index (χ3n) is 0. The minimum atomic E-state index is 0. The zero-order chi connectivity index (χ0) is 2.00. The summed E-state index contributed by atoms with van der Waals surface area (Å²) in [5, 5.41) is 12.0. The molecule has 0 spiro atoms. The molecule has 0 aliphatic carbocycles. The van der Waals surface area contributed by atoms with Gasteiger partial charge in [-0.25, -0.2) is 0 Å². The van der Waals surface area contributed by atoms with Crippen LogP contribution in [0.1, 0.15) is 0 Å². The summed E-state index contributed by atoms with van der Waals surface area (Å²) in [6.07, 6.45) is 0. The molecule has 0 aromatic rings. The molecular formula is H2O2YZr. The van der Waals surface area contributed by atoms with Gasteiger partial charge >= 0.3 is 0 Å². The molecule has 0 atom stereocenters. The van der Waals surface area contributed by atoms with Gasteiger partial charge in [0.1, 0.15) is 0 Å². The Morgan fingerprint density at radius 3 is 1.00 bits per heavy atom. The Morgan fingerprint density at radius 1 is 1.00 bits per heavy atom. The molecule has 0 unspecified atom stereocenters. The van der Waals surface area contributed by atoms with E-state index >= 15 is 0 Å². The third kappa shape index (κ3) is 9.08. The molecule has 2 N–H and O–H groups in total. The Labute approximate surface area is 68.5 Å². The van der Waals surface area contributed by atoms with Crippen LogP contribution in [0.3, 0.4) is 0 Å². The van der Waals surface area contributed by atoms with Crippen LogP contribution in [-0.4, -0.2) is 10.5 Å². The normalized spacial score (nSPS) is 1.50. The van der Waals surface area contributed by atoms with E-state index in [1.807, 2.05) is 0 Å². The first-order chi connectivity index (χ1) is 1.00. The molecule has 0 amide bonds. The molecular weight excluding hydrogens is 212 g/mol. The van der Waals surface area contributed by atoms with E-state index in [9.17, 15) is 0 Å². The molecule has 0 heterocycles. The summed E-state index contributed by atoms with van der Waals surface area (Å²) in [6.45, 7) is 0. The van der Waals surface area contributed by atoms with Crippen molar-refractivity contribution in [2.24, 2.45) is 0 Å². The van der Waals surface area contributed by atoms with Gasteiger partial charge in [-0.15, -0.1) is 0 Å². The minimum absolute atomic E-state index is 0. The summed E-state index contributed by atoms with van der Waals surface area (Å²) in [6, 6.07) is 0. The van der Waals surface area contributed by atoms with Crippen molar-refractivity contribution in [1.29, 1.82) is 0 Å². The van der Waals surface area contributed by atoms with Gasteiger partial charge in [-0.3, -0.25) is 10.5 Å². The van der Waals surface area contributed by atoms with E-state index in [1.54, 1.807) is 0 Å². The van der Waals surface area contributed by atoms with Crippen LogP contribution < -0.4 is 0 Å². The van der Waals surface area contributed by atoms with Gasteiger partial charge < -0.3 is 0 Å². The maximum atomic E-state index is 6.00. The first-order valence-corrected chi connectivity index (χ1v) is 0.200. The van der Waals surface area contributed by atoms with E-state index < -0.39 is 0 Å². The second-order valence-electron chi connectivity index (χ2n) is 0. The molecule has 0 aliphatic rings. The smallest absolute Gasteiger partial charge is 0 e. The number of hydrogen-bond donors (Lipinski definition) is 2. The van der Waals surface area contributed by atoms with Crippen LogP contribution in [0.5, 0.6) is 0 Å². The molecule has 0 aliphatic heterocycles. The molecule has 0 aromatic heterocycles. The fourth-order valence-corrected chi connectivity index (χ4v) is 0. The van der Waals surface area contributed by atoms with Crippen LogP contribution in [0.15, 0.2) is 0 Å². The standard InChI is InChI=1S/H2O2.Y.Zr/c1-2;;/h1-2H;;. The fraction of sp³-hybridized carbons (Fsp3) is 0. The molecule has 1 radical (unpaired) electrons. The van der Waals surface area contributed by atoms with Gasteiger partial charge in [-0.2, -0.15) is 0 Å². The topological polar surface area (TPSA) is 40.5 Å². The molecule has 0 bridgehead atoms. The molecule has 0 rings (SSSR count). The summed E-state index contributed by atoms with van der Waals surface area (Å²) >= 11 is 0. The van der Waals surface area contributed by atoms with Crippen molar-refractivity contribution in [1.82, 2.24) is 0 Å². The molecule has 2 nitrogen and oxygen atoms in total. The van der Waals surface area contributed by atoms with E-state index in [1.165, 1.54) is 0 Å². The molecule has 0 aromatic carbocycles. The van der Waals surface area contributed by atoms with Crippen molar-refractivity contribution in [2.75, 3.05) is 0 Å². The number of hydrogen-bond acceptors (Lipinski definition) is 2. The van der Waals surface area contributed by atoms with Crippen LogP contribution >= 0.6 is 0 Å². The summed E-state index contributed by atoms with van der Waals surface area (Å²) in [4.78, 5) is 0. The molecule has 0 saturated heterocycles. The first kappa shape index (κ1) is 16.8. The van der Waals surface area contributed by atoms with Gasteiger partial charge in [0.25, 0.3) is 0 Å². The predicted molar refractivity (Wildman–Crippen MR) is 5.26 cm³/mol. The van der Waals surface area contributed by atoms with Gasteiger partial charge in [-0.1, -0.05) is 0 Å². The zero-order valence-electron chi connectivity index (χ0n) is 1.97. The quantitative estimate of drug-likeness (QED) is 0.440. The third-order valence-corrected chi connectivity index (χ3v) is 0. The fourth-order valence-electron chi connectivity index (χ4n) is 0. The van der Waals surface area contributed by atoms with E-state index in [-0.39, 0.29) is 58.9 Å². The van der Waals surface area contributed by atoms with E-state index in [2.05, 4.69) is 0 Å². The Morgan fingerprint density at radius 2 is 1.00 bits per heavy atom. The van der Waals surface area contributed by atoms with Crippen molar-refractivity contribution in [2.45, 2.75) is 0 Å². The largest absolute Gasteiger partial charge is 0.255 e. The van der Waals surface area contributed by atoms with Gasteiger partial charge in [0.2, 0.25) is 0 Å². The molecule has 21 valence electrons. The predicted octanol–water partition coefficient (Wildman–Crippen LogP) is 0.0124. The van der Waals surface area contributed by atoms with Gasteiger partial charge in [0.15, 0.2) is 0 Å². The molecule has 0 saturated carbocycles. The van der Waals surface area contributed by atoms with Crippen molar-refractivity contribution in [3.8, 4) is 0 Å². The first-order valence-electron chi connectivity index (χ1n) is 0.200. The van der Waals surface area contributed by atoms with Crippen molar-refractivity contribution < 1.29 is 69.4 Å². The zero-order valence-corrected chi connectivity index (χ0v) is 7.27. The Balaban J connectivity index is -0.00000000500. The van der Waals surface area contributed by atoms with E-state index in [0.29, 0.717) is 0 Å². The Bertz CT molecular complexity index is 6.00. The van der Waals surface area contributed by atoms with Crippen LogP contribution in [0, 0.1) is 0 Å². The average molecular weight is 214 g/mol. The Hall–Kier alpha value is 1.91. The second kappa shape index (κ2) is 20.6. The van der Waals surface area contributed by atoms with Gasteiger partial charge in [-0.05, 0) is 0 Å². The SMILES string of the molecule is OO.[Y].[Zr].